The molecule has 0 spiro atoms. The summed E-state index contributed by atoms with van der Waals surface area (Å²) in [5, 5.41) is 3.47. The van der Waals surface area contributed by atoms with Gasteiger partial charge in [0.25, 0.3) is 15.9 Å². The van der Waals surface area contributed by atoms with Gasteiger partial charge in [0.05, 0.1) is 9.37 Å². The van der Waals surface area contributed by atoms with Crippen LogP contribution in [0.15, 0.2) is 66.7 Å². The van der Waals surface area contributed by atoms with Crippen LogP contribution in [0.4, 0.5) is 5.69 Å². The number of halogens is 1. The zero-order valence-corrected chi connectivity index (χ0v) is 18.0. The van der Waals surface area contributed by atoms with Crippen LogP contribution in [0.3, 0.4) is 0 Å². The Hall–Kier alpha value is -2.65. The zero-order valence-electron chi connectivity index (χ0n) is 15.6. The molecule has 0 saturated carbocycles. The summed E-state index contributed by atoms with van der Waals surface area (Å²) in [6.45, 7) is 0.790. The van der Waals surface area contributed by atoms with Gasteiger partial charge in [-0.2, -0.15) is 8.42 Å². The lowest BCUT2D eigenvalue weighted by Gasteiger charge is -2.11. The van der Waals surface area contributed by atoms with E-state index < -0.39 is 15.9 Å². The average molecular weight is 476 g/mol. The summed E-state index contributed by atoms with van der Waals surface area (Å²) in [6, 6.07) is 13.2. The van der Waals surface area contributed by atoms with Crippen molar-refractivity contribution >= 4 is 54.4 Å². The van der Waals surface area contributed by atoms with Crippen LogP contribution in [0.2, 0.25) is 0 Å². The Labute approximate surface area is 176 Å². The Morgan fingerprint density at radius 3 is 2.72 bits per heavy atom. The third kappa shape index (κ3) is 4.06. The smallest absolute Gasteiger partial charge is 0.291 e. The second-order valence-electron chi connectivity index (χ2n) is 6.76. The van der Waals surface area contributed by atoms with E-state index in [-0.39, 0.29) is 10.7 Å². The number of nitrogens with zero attached hydrogens (tertiary/aromatic N) is 2. The van der Waals surface area contributed by atoms with Crippen LogP contribution in [0.1, 0.15) is 23.4 Å². The van der Waals surface area contributed by atoms with E-state index in [1.54, 1.807) is 18.2 Å². The minimum Gasteiger partial charge on any atom is -0.450 e. The molecular formula is C20H18BrN3O4S. The van der Waals surface area contributed by atoms with Crippen molar-refractivity contribution in [2.75, 3.05) is 18.9 Å². The van der Waals surface area contributed by atoms with Crippen LogP contribution in [0, 0.1) is 0 Å². The van der Waals surface area contributed by atoms with Crippen LogP contribution in [0.5, 0.6) is 0 Å². The number of para-hydroxylation sites is 1. The molecule has 0 aliphatic carbocycles. The largest absolute Gasteiger partial charge is 0.450 e. The molecule has 4 rings (SSSR count). The number of amidine groups is 1. The predicted octanol–water partition coefficient (Wildman–Crippen LogP) is 4.26. The van der Waals surface area contributed by atoms with Gasteiger partial charge in [-0.3, -0.25) is 4.79 Å². The van der Waals surface area contributed by atoms with Crippen molar-refractivity contribution in [2.45, 2.75) is 17.7 Å². The molecule has 150 valence electrons. The number of carbonyl (C=O) groups excluding carboxylic acids is 1. The Morgan fingerprint density at radius 1 is 1.21 bits per heavy atom. The molecule has 2 aromatic carbocycles. The van der Waals surface area contributed by atoms with Gasteiger partial charge in [0.15, 0.2) is 5.76 Å². The predicted molar refractivity (Wildman–Crippen MR) is 115 cm³/mol. The molecule has 0 atom stereocenters. The normalized spacial score (nSPS) is 15.9. The second kappa shape index (κ2) is 7.64. The molecule has 7 nitrogen and oxygen atoms in total. The standard InChI is InChI=1S/C20H18BrN3O4S/c1-24-10-4-9-18(24)23-29(26,27)15-7-3-6-14(12-15)22-20(25)17-11-13-5-2-8-16(21)19(13)28-17/h2-3,5-8,11-12H,4,9-10H2,1H3,(H,22,25)/b23-18+. The van der Waals surface area contributed by atoms with Gasteiger partial charge >= 0.3 is 0 Å². The maximum atomic E-state index is 12.6. The van der Waals surface area contributed by atoms with Crippen molar-refractivity contribution in [3.05, 3.63) is 58.8 Å². The second-order valence-corrected chi connectivity index (χ2v) is 9.22. The molecule has 9 heteroatoms. The fraction of sp³-hybridized carbons (Fsp3) is 0.200. The van der Waals surface area contributed by atoms with Gasteiger partial charge in [0.2, 0.25) is 0 Å². The molecule has 2 heterocycles. The van der Waals surface area contributed by atoms with Crippen LogP contribution in [-0.2, 0) is 10.0 Å². The number of carbonyl (C=O) groups is 1. The van der Waals surface area contributed by atoms with E-state index in [1.165, 1.54) is 12.1 Å². The van der Waals surface area contributed by atoms with Crippen LogP contribution in [-0.4, -0.2) is 38.7 Å². The van der Waals surface area contributed by atoms with Gasteiger partial charge in [-0.1, -0.05) is 18.2 Å². The number of sulfonamides is 1. The van der Waals surface area contributed by atoms with E-state index in [1.807, 2.05) is 30.1 Å². The molecule has 0 radical (unpaired) electrons. The highest BCUT2D eigenvalue weighted by molar-refractivity contribution is 9.10. The van der Waals surface area contributed by atoms with E-state index in [9.17, 15) is 13.2 Å². The fourth-order valence-corrected chi connectivity index (χ4v) is 4.77. The first-order valence-electron chi connectivity index (χ1n) is 8.98. The summed E-state index contributed by atoms with van der Waals surface area (Å²) >= 11 is 3.39. The van der Waals surface area contributed by atoms with Crippen LogP contribution >= 0.6 is 15.9 Å². The lowest BCUT2D eigenvalue weighted by molar-refractivity contribution is 0.0998. The first-order valence-corrected chi connectivity index (χ1v) is 11.2. The molecule has 1 amide bonds. The van der Waals surface area contributed by atoms with E-state index in [4.69, 9.17) is 4.42 Å². The first kappa shape index (κ1) is 19.7. The van der Waals surface area contributed by atoms with Gasteiger partial charge in [0.1, 0.15) is 11.4 Å². The number of nitrogens with one attached hydrogen (secondary N) is 1. The lowest BCUT2D eigenvalue weighted by Crippen LogP contribution is -2.20. The van der Waals surface area contributed by atoms with E-state index in [0.29, 0.717) is 23.5 Å². The van der Waals surface area contributed by atoms with E-state index >= 15 is 0 Å². The highest BCUT2D eigenvalue weighted by atomic mass is 79.9. The molecule has 1 aromatic heterocycles. The number of fused-ring (bicyclic) bond motifs is 1. The van der Waals surface area contributed by atoms with Crippen molar-refractivity contribution in [3.8, 4) is 0 Å². The highest BCUT2D eigenvalue weighted by Gasteiger charge is 2.21. The van der Waals surface area contributed by atoms with Gasteiger partial charge in [0, 0.05) is 31.1 Å². The van der Waals surface area contributed by atoms with Crippen molar-refractivity contribution in [1.29, 1.82) is 0 Å². The quantitative estimate of drug-likeness (QED) is 0.608. The molecule has 0 unspecified atom stereocenters. The van der Waals surface area contributed by atoms with Gasteiger partial charge in [-0.05, 0) is 52.7 Å². The van der Waals surface area contributed by atoms with Gasteiger partial charge in [-0.15, -0.1) is 4.40 Å². The molecule has 3 aromatic rings. The molecular weight excluding hydrogens is 458 g/mol. The summed E-state index contributed by atoms with van der Waals surface area (Å²) < 4.78 is 35.6. The number of hydrogen-bond donors (Lipinski definition) is 1. The Morgan fingerprint density at radius 2 is 2.00 bits per heavy atom. The fourth-order valence-electron chi connectivity index (χ4n) is 3.17. The summed E-state index contributed by atoms with van der Waals surface area (Å²) in [7, 11) is -2.04. The number of rotatable bonds is 4. The number of benzene rings is 2. The summed E-state index contributed by atoms with van der Waals surface area (Å²) in [4.78, 5) is 14.4. The molecule has 1 saturated heterocycles. The monoisotopic (exact) mass is 475 g/mol. The van der Waals surface area contributed by atoms with Crippen LogP contribution < -0.4 is 5.32 Å². The number of likely N-dealkylation sites (tertiary alicyclic amines) is 1. The molecule has 1 aliphatic rings. The Bertz CT molecular complexity index is 1230. The van der Waals surface area contributed by atoms with Gasteiger partial charge in [-0.25, -0.2) is 0 Å². The topological polar surface area (TPSA) is 92.0 Å². The first-order chi connectivity index (χ1) is 13.8. The number of anilines is 1. The minimum atomic E-state index is -3.86. The number of hydrogen-bond acceptors (Lipinski definition) is 4. The Kier molecular flexibility index (Phi) is 5.18. The third-order valence-corrected chi connectivity index (χ3v) is 6.59. The maximum Gasteiger partial charge on any atom is 0.291 e. The molecule has 0 bridgehead atoms. The summed E-state index contributed by atoms with van der Waals surface area (Å²) in [5.74, 6) is 0.213. The van der Waals surface area contributed by atoms with Crippen molar-refractivity contribution in [3.63, 3.8) is 0 Å². The minimum absolute atomic E-state index is 0.0236. The summed E-state index contributed by atoms with van der Waals surface area (Å²) in [5.41, 5.74) is 0.918. The third-order valence-electron chi connectivity index (χ3n) is 4.67. The lowest BCUT2D eigenvalue weighted by atomic mass is 10.2. The Balaban J connectivity index is 1.58. The average Bonchev–Trinajstić information content (AvgIpc) is 3.29. The number of furan rings is 1. The zero-order chi connectivity index (χ0) is 20.6. The molecule has 29 heavy (non-hydrogen) atoms. The highest BCUT2D eigenvalue weighted by Crippen LogP contribution is 2.27. The van der Waals surface area contributed by atoms with Crippen molar-refractivity contribution < 1.29 is 17.6 Å². The molecule has 1 aliphatic heterocycles. The summed E-state index contributed by atoms with van der Waals surface area (Å²) in [6.07, 6.45) is 1.52. The van der Waals surface area contributed by atoms with E-state index in [2.05, 4.69) is 25.6 Å². The van der Waals surface area contributed by atoms with Crippen molar-refractivity contribution in [2.24, 2.45) is 4.40 Å². The SMILES string of the molecule is CN1CCC/C1=N\S(=O)(=O)c1cccc(NC(=O)c2cc3cccc(Br)c3o2)c1. The van der Waals surface area contributed by atoms with Gasteiger partial charge < -0.3 is 14.6 Å². The van der Waals surface area contributed by atoms with E-state index in [0.717, 1.165) is 22.8 Å². The maximum absolute atomic E-state index is 12.6. The van der Waals surface area contributed by atoms with Crippen molar-refractivity contribution in [1.82, 2.24) is 4.90 Å². The van der Waals surface area contributed by atoms with Crippen LogP contribution in [0.25, 0.3) is 11.0 Å². The number of amides is 1. The molecule has 1 fully saturated rings. The molecule has 1 N–H and O–H groups in total.